The maximum atomic E-state index is 12.5. The van der Waals surface area contributed by atoms with E-state index in [0.717, 1.165) is 11.4 Å². The van der Waals surface area contributed by atoms with E-state index in [2.05, 4.69) is 10.1 Å². The molecule has 1 atom stereocenters. The lowest BCUT2D eigenvalue weighted by Gasteiger charge is -2.20. The molecule has 118 valence electrons. The number of benzene rings is 2. The SMILES string of the molecule is CCOc1ccccc1NC(C)c1ccccc1OC(F)F. The molecule has 5 heteroatoms. The van der Waals surface area contributed by atoms with Gasteiger partial charge < -0.3 is 14.8 Å². The van der Waals surface area contributed by atoms with Crippen molar-refractivity contribution in [2.75, 3.05) is 11.9 Å². The lowest BCUT2D eigenvalue weighted by Crippen LogP contribution is -2.11. The third-order valence-corrected chi connectivity index (χ3v) is 3.16. The summed E-state index contributed by atoms with van der Waals surface area (Å²) in [6, 6.07) is 14.1. The number of anilines is 1. The number of rotatable bonds is 7. The number of nitrogens with one attached hydrogen (secondary N) is 1. The molecule has 0 saturated heterocycles. The zero-order chi connectivity index (χ0) is 15.9. The van der Waals surface area contributed by atoms with Crippen LogP contribution < -0.4 is 14.8 Å². The van der Waals surface area contributed by atoms with Gasteiger partial charge in [0.05, 0.1) is 18.3 Å². The van der Waals surface area contributed by atoms with Gasteiger partial charge in [0.2, 0.25) is 0 Å². The average molecular weight is 307 g/mol. The highest BCUT2D eigenvalue weighted by atomic mass is 19.3. The van der Waals surface area contributed by atoms with Gasteiger partial charge in [0.1, 0.15) is 11.5 Å². The largest absolute Gasteiger partial charge is 0.492 e. The Labute approximate surface area is 128 Å². The molecule has 0 bridgehead atoms. The van der Waals surface area contributed by atoms with Crippen LogP contribution in [0, 0.1) is 0 Å². The van der Waals surface area contributed by atoms with Gasteiger partial charge in [-0.2, -0.15) is 8.78 Å². The van der Waals surface area contributed by atoms with Gasteiger partial charge in [-0.15, -0.1) is 0 Å². The quantitative estimate of drug-likeness (QED) is 0.792. The summed E-state index contributed by atoms with van der Waals surface area (Å²) in [6.45, 7) is 1.50. The molecule has 0 aliphatic carbocycles. The zero-order valence-electron chi connectivity index (χ0n) is 12.6. The van der Waals surface area contributed by atoms with Gasteiger partial charge in [-0.05, 0) is 32.0 Å². The van der Waals surface area contributed by atoms with E-state index in [1.54, 1.807) is 18.2 Å². The Hall–Kier alpha value is -2.30. The van der Waals surface area contributed by atoms with E-state index in [-0.39, 0.29) is 11.8 Å². The fourth-order valence-electron chi connectivity index (χ4n) is 2.22. The van der Waals surface area contributed by atoms with Crippen LogP contribution >= 0.6 is 0 Å². The Morgan fingerprint density at radius 3 is 2.32 bits per heavy atom. The van der Waals surface area contributed by atoms with Crippen LogP contribution in [-0.4, -0.2) is 13.2 Å². The number of alkyl halides is 2. The summed E-state index contributed by atoms with van der Waals surface area (Å²) in [5.74, 6) is 0.899. The Bertz CT molecular complexity index is 605. The van der Waals surface area contributed by atoms with E-state index in [4.69, 9.17) is 4.74 Å². The van der Waals surface area contributed by atoms with Crippen molar-refractivity contribution < 1.29 is 18.3 Å². The normalized spacial score (nSPS) is 12.0. The van der Waals surface area contributed by atoms with Crippen LogP contribution in [0.2, 0.25) is 0 Å². The molecule has 2 aromatic carbocycles. The highest BCUT2D eigenvalue weighted by Crippen LogP contribution is 2.32. The molecule has 3 nitrogen and oxygen atoms in total. The highest BCUT2D eigenvalue weighted by molar-refractivity contribution is 5.58. The predicted molar refractivity (Wildman–Crippen MR) is 82.7 cm³/mol. The van der Waals surface area contributed by atoms with E-state index >= 15 is 0 Å². The maximum absolute atomic E-state index is 12.5. The van der Waals surface area contributed by atoms with Crippen LogP contribution in [0.15, 0.2) is 48.5 Å². The summed E-state index contributed by atoms with van der Waals surface area (Å²) >= 11 is 0. The first-order valence-corrected chi connectivity index (χ1v) is 7.14. The van der Waals surface area contributed by atoms with E-state index in [9.17, 15) is 8.78 Å². The topological polar surface area (TPSA) is 30.5 Å². The van der Waals surface area contributed by atoms with Crippen LogP contribution in [0.5, 0.6) is 11.5 Å². The highest BCUT2D eigenvalue weighted by Gasteiger charge is 2.15. The fraction of sp³-hybridized carbons (Fsp3) is 0.294. The minimum Gasteiger partial charge on any atom is -0.492 e. The Morgan fingerprint density at radius 1 is 1.00 bits per heavy atom. The van der Waals surface area contributed by atoms with Crippen molar-refractivity contribution in [2.45, 2.75) is 26.5 Å². The molecule has 1 N–H and O–H groups in total. The van der Waals surface area contributed by atoms with Crippen LogP contribution in [0.3, 0.4) is 0 Å². The third kappa shape index (κ3) is 4.10. The van der Waals surface area contributed by atoms with Crippen molar-refractivity contribution in [2.24, 2.45) is 0 Å². The fourth-order valence-corrected chi connectivity index (χ4v) is 2.22. The van der Waals surface area contributed by atoms with Crippen molar-refractivity contribution in [3.05, 3.63) is 54.1 Å². The summed E-state index contributed by atoms with van der Waals surface area (Å²) in [6.07, 6.45) is 0. The smallest absolute Gasteiger partial charge is 0.387 e. The molecule has 0 heterocycles. The number of hydrogen-bond donors (Lipinski definition) is 1. The van der Waals surface area contributed by atoms with Crippen molar-refractivity contribution >= 4 is 5.69 Å². The Balaban J connectivity index is 2.21. The van der Waals surface area contributed by atoms with Gasteiger partial charge in [-0.1, -0.05) is 30.3 Å². The van der Waals surface area contributed by atoms with Crippen LogP contribution in [0.4, 0.5) is 14.5 Å². The number of hydrogen-bond acceptors (Lipinski definition) is 3. The molecule has 0 fully saturated rings. The molecule has 0 amide bonds. The van der Waals surface area contributed by atoms with E-state index in [1.807, 2.05) is 38.1 Å². The number of para-hydroxylation sites is 3. The van der Waals surface area contributed by atoms with Gasteiger partial charge in [0.15, 0.2) is 0 Å². The first kappa shape index (κ1) is 16.1. The summed E-state index contributed by atoms with van der Waals surface area (Å²) in [5.41, 5.74) is 1.47. The van der Waals surface area contributed by atoms with Crippen LogP contribution in [-0.2, 0) is 0 Å². The molecule has 2 rings (SSSR count). The molecule has 0 aliphatic heterocycles. The lowest BCUT2D eigenvalue weighted by molar-refractivity contribution is -0.0505. The minimum absolute atomic E-state index is 0.173. The third-order valence-electron chi connectivity index (χ3n) is 3.16. The van der Waals surface area contributed by atoms with Crippen molar-refractivity contribution in [3.8, 4) is 11.5 Å². The predicted octanol–water partition coefficient (Wildman–Crippen LogP) is 4.86. The summed E-state index contributed by atoms with van der Waals surface area (Å²) in [4.78, 5) is 0. The molecule has 1 unspecified atom stereocenters. The lowest BCUT2D eigenvalue weighted by atomic mass is 10.1. The Kier molecular flexibility index (Phi) is 5.58. The number of halogens is 2. The zero-order valence-corrected chi connectivity index (χ0v) is 12.6. The first-order chi connectivity index (χ1) is 10.6. The van der Waals surface area contributed by atoms with Gasteiger partial charge in [-0.25, -0.2) is 0 Å². The molecule has 0 aliphatic rings. The average Bonchev–Trinajstić information content (AvgIpc) is 2.49. The van der Waals surface area contributed by atoms with Crippen molar-refractivity contribution in [3.63, 3.8) is 0 Å². The maximum Gasteiger partial charge on any atom is 0.387 e. The van der Waals surface area contributed by atoms with Crippen LogP contribution in [0.25, 0.3) is 0 Å². The summed E-state index contributed by atoms with van der Waals surface area (Å²) in [7, 11) is 0. The van der Waals surface area contributed by atoms with Crippen molar-refractivity contribution in [1.82, 2.24) is 0 Å². The van der Waals surface area contributed by atoms with E-state index in [0.29, 0.717) is 12.2 Å². The standard InChI is InChI=1S/C17H19F2NO2/c1-3-21-16-11-7-5-9-14(16)20-12(2)13-8-4-6-10-15(13)22-17(18)19/h4-12,17,20H,3H2,1-2H3. The summed E-state index contributed by atoms with van der Waals surface area (Å²) < 4.78 is 35.1. The van der Waals surface area contributed by atoms with E-state index < -0.39 is 6.61 Å². The van der Waals surface area contributed by atoms with Gasteiger partial charge in [0, 0.05) is 5.56 Å². The molecule has 0 radical (unpaired) electrons. The van der Waals surface area contributed by atoms with Gasteiger partial charge in [-0.3, -0.25) is 0 Å². The van der Waals surface area contributed by atoms with Crippen LogP contribution in [0.1, 0.15) is 25.5 Å². The monoisotopic (exact) mass is 307 g/mol. The molecular weight excluding hydrogens is 288 g/mol. The molecule has 0 saturated carbocycles. The molecule has 0 spiro atoms. The Morgan fingerprint density at radius 2 is 1.64 bits per heavy atom. The minimum atomic E-state index is -2.84. The summed E-state index contributed by atoms with van der Waals surface area (Å²) in [5, 5.41) is 3.28. The van der Waals surface area contributed by atoms with E-state index in [1.165, 1.54) is 6.07 Å². The van der Waals surface area contributed by atoms with Gasteiger partial charge in [0.25, 0.3) is 0 Å². The molecular formula is C17H19F2NO2. The first-order valence-electron chi connectivity index (χ1n) is 7.14. The molecule has 2 aromatic rings. The molecule has 0 aromatic heterocycles. The van der Waals surface area contributed by atoms with Gasteiger partial charge >= 0.3 is 6.61 Å². The van der Waals surface area contributed by atoms with Crippen molar-refractivity contribution in [1.29, 1.82) is 0 Å². The second-order valence-corrected chi connectivity index (χ2v) is 4.71. The second-order valence-electron chi connectivity index (χ2n) is 4.71. The molecule has 22 heavy (non-hydrogen) atoms. The number of ether oxygens (including phenoxy) is 2. The second kappa shape index (κ2) is 7.64.